The number of carbonyl (C=O) groups is 2. The highest BCUT2D eigenvalue weighted by Crippen LogP contribution is 2.37. The maximum Gasteiger partial charge on any atom is 0.228 e. The Morgan fingerprint density at radius 1 is 1.30 bits per heavy atom. The minimum atomic E-state index is -0.286. The zero-order valence-corrected chi connectivity index (χ0v) is 16.3. The van der Waals surface area contributed by atoms with Crippen molar-refractivity contribution in [3.8, 4) is 5.75 Å². The summed E-state index contributed by atoms with van der Waals surface area (Å²) in [5.74, 6) is 0.505. The van der Waals surface area contributed by atoms with Crippen molar-refractivity contribution in [3.63, 3.8) is 0 Å². The van der Waals surface area contributed by atoms with Crippen LogP contribution in [-0.2, 0) is 9.59 Å². The minimum absolute atomic E-state index is 0.00761. The van der Waals surface area contributed by atoms with E-state index in [0.29, 0.717) is 18.9 Å². The normalized spacial score (nSPS) is 22.5. The molecule has 2 aliphatic rings. The van der Waals surface area contributed by atoms with Gasteiger partial charge in [-0.05, 0) is 54.3 Å². The van der Waals surface area contributed by atoms with Gasteiger partial charge in [0.05, 0.1) is 24.3 Å². The maximum absolute atomic E-state index is 13.2. The van der Waals surface area contributed by atoms with Crippen LogP contribution >= 0.6 is 11.3 Å². The quantitative estimate of drug-likeness (QED) is 0.786. The third-order valence-electron chi connectivity index (χ3n) is 5.39. The predicted octanol–water partition coefficient (Wildman–Crippen LogP) is 3.86. The van der Waals surface area contributed by atoms with E-state index >= 15 is 0 Å². The zero-order valence-electron chi connectivity index (χ0n) is 15.5. The number of hydrogen-bond donors (Lipinski definition) is 0. The van der Waals surface area contributed by atoms with Gasteiger partial charge in [-0.15, -0.1) is 0 Å². The summed E-state index contributed by atoms with van der Waals surface area (Å²) in [5.41, 5.74) is 1.98. The van der Waals surface area contributed by atoms with Crippen molar-refractivity contribution in [3.05, 3.63) is 46.7 Å². The van der Waals surface area contributed by atoms with Gasteiger partial charge in [-0.3, -0.25) is 9.59 Å². The Kier molecular flexibility index (Phi) is 5.16. The van der Waals surface area contributed by atoms with Crippen LogP contribution in [0.3, 0.4) is 0 Å². The molecule has 2 fully saturated rings. The van der Waals surface area contributed by atoms with Crippen molar-refractivity contribution >= 4 is 28.8 Å². The second-order valence-corrected chi connectivity index (χ2v) is 7.83. The SMILES string of the molecule is CCOc1ccccc1N1CC(C(=O)N2CCCC2c2ccsc2)CC1=O. The highest BCUT2D eigenvalue weighted by Gasteiger charge is 2.41. The molecule has 0 N–H and O–H groups in total. The fourth-order valence-corrected chi connectivity index (χ4v) is 4.85. The first-order valence-electron chi connectivity index (χ1n) is 9.53. The van der Waals surface area contributed by atoms with Crippen LogP contribution < -0.4 is 9.64 Å². The predicted molar refractivity (Wildman–Crippen MR) is 106 cm³/mol. The topological polar surface area (TPSA) is 49.9 Å². The molecule has 3 heterocycles. The van der Waals surface area contributed by atoms with Gasteiger partial charge in [-0.25, -0.2) is 0 Å². The second kappa shape index (κ2) is 7.72. The van der Waals surface area contributed by atoms with Gasteiger partial charge in [0.2, 0.25) is 11.8 Å². The summed E-state index contributed by atoms with van der Waals surface area (Å²) in [6.07, 6.45) is 2.29. The Labute approximate surface area is 163 Å². The number of carbonyl (C=O) groups excluding carboxylic acids is 2. The monoisotopic (exact) mass is 384 g/mol. The third kappa shape index (κ3) is 3.46. The summed E-state index contributed by atoms with van der Waals surface area (Å²) in [4.78, 5) is 29.6. The van der Waals surface area contributed by atoms with Crippen LogP contribution in [0.5, 0.6) is 5.75 Å². The van der Waals surface area contributed by atoms with E-state index in [9.17, 15) is 9.59 Å². The molecule has 0 bridgehead atoms. The summed E-state index contributed by atoms with van der Waals surface area (Å²) in [7, 11) is 0. The first-order chi connectivity index (χ1) is 13.2. The average Bonchev–Trinajstić information content (AvgIpc) is 3.42. The van der Waals surface area contributed by atoms with Crippen LogP contribution in [0.4, 0.5) is 5.69 Å². The lowest BCUT2D eigenvalue weighted by molar-refractivity contribution is -0.136. The van der Waals surface area contributed by atoms with Crippen LogP contribution in [0.15, 0.2) is 41.1 Å². The number of para-hydroxylation sites is 2. The number of amides is 2. The van der Waals surface area contributed by atoms with Gasteiger partial charge in [-0.1, -0.05) is 12.1 Å². The molecule has 4 rings (SSSR count). The number of likely N-dealkylation sites (tertiary alicyclic amines) is 1. The van der Waals surface area contributed by atoms with E-state index in [1.165, 1.54) is 5.56 Å². The molecule has 0 aliphatic carbocycles. The van der Waals surface area contributed by atoms with Crippen LogP contribution in [0, 0.1) is 5.92 Å². The van der Waals surface area contributed by atoms with E-state index < -0.39 is 0 Å². The Balaban J connectivity index is 1.51. The molecule has 0 radical (unpaired) electrons. The van der Waals surface area contributed by atoms with E-state index in [0.717, 1.165) is 25.1 Å². The molecule has 2 amide bonds. The van der Waals surface area contributed by atoms with E-state index in [4.69, 9.17) is 4.74 Å². The molecule has 2 aromatic rings. The Bertz CT molecular complexity index is 821. The average molecular weight is 385 g/mol. The van der Waals surface area contributed by atoms with Crippen LogP contribution in [0.25, 0.3) is 0 Å². The van der Waals surface area contributed by atoms with Crippen molar-refractivity contribution in [2.75, 3.05) is 24.6 Å². The molecule has 2 atom stereocenters. The van der Waals surface area contributed by atoms with Gasteiger partial charge in [0.25, 0.3) is 0 Å². The fourth-order valence-electron chi connectivity index (χ4n) is 4.14. The van der Waals surface area contributed by atoms with Crippen LogP contribution in [0.1, 0.15) is 37.8 Å². The second-order valence-electron chi connectivity index (χ2n) is 7.05. The summed E-state index contributed by atoms with van der Waals surface area (Å²) in [6, 6.07) is 9.81. The molecule has 0 spiro atoms. The molecule has 2 aliphatic heterocycles. The van der Waals surface area contributed by atoms with Gasteiger partial charge in [0, 0.05) is 19.5 Å². The lowest BCUT2D eigenvalue weighted by atomic mass is 10.0. The van der Waals surface area contributed by atoms with Gasteiger partial charge >= 0.3 is 0 Å². The standard InChI is InChI=1S/C21H24N2O3S/c1-2-26-19-8-4-3-6-18(19)23-13-16(12-20(23)24)21(25)22-10-5-7-17(22)15-9-11-27-14-15/h3-4,6,8-9,11,14,16-17H,2,5,7,10,12-13H2,1H3. The number of thiophene rings is 1. The minimum Gasteiger partial charge on any atom is -0.492 e. The molecular formula is C21H24N2O3S. The number of rotatable bonds is 5. The van der Waals surface area contributed by atoms with Crippen LogP contribution in [0.2, 0.25) is 0 Å². The molecule has 5 nitrogen and oxygen atoms in total. The smallest absolute Gasteiger partial charge is 0.228 e. The first-order valence-corrected chi connectivity index (χ1v) is 10.5. The molecule has 142 valence electrons. The van der Waals surface area contributed by atoms with Crippen molar-refractivity contribution in [1.29, 1.82) is 0 Å². The van der Waals surface area contributed by atoms with E-state index in [2.05, 4.69) is 16.8 Å². The van der Waals surface area contributed by atoms with Crippen molar-refractivity contribution in [1.82, 2.24) is 4.90 Å². The molecule has 2 saturated heterocycles. The largest absolute Gasteiger partial charge is 0.492 e. The summed E-state index contributed by atoms with van der Waals surface area (Å²) >= 11 is 1.66. The van der Waals surface area contributed by atoms with Crippen molar-refractivity contribution < 1.29 is 14.3 Å². The molecule has 6 heteroatoms. The first kappa shape index (κ1) is 18.0. The summed E-state index contributed by atoms with van der Waals surface area (Å²) in [6.45, 7) is 3.67. The molecule has 1 aromatic carbocycles. The van der Waals surface area contributed by atoms with E-state index in [1.807, 2.05) is 36.1 Å². The lowest BCUT2D eigenvalue weighted by Gasteiger charge is -2.27. The zero-order chi connectivity index (χ0) is 18.8. The third-order valence-corrected chi connectivity index (χ3v) is 6.10. The molecule has 27 heavy (non-hydrogen) atoms. The molecule has 0 saturated carbocycles. The van der Waals surface area contributed by atoms with Gasteiger partial charge in [0.15, 0.2) is 0 Å². The lowest BCUT2D eigenvalue weighted by Crippen LogP contribution is -2.37. The number of benzene rings is 1. The van der Waals surface area contributed by atoms with Crippen molar-refractivity contribution in [2.24, 2.45) is 5.92 Å². The number of nitrogens with zero attached hydrogens (tertiary/aromatic N) is 2. The highest BCUT2D eigenvalue weighted by molar-refractivity contribution is 7.08. The van der Waals surface area contributed by atoms with Gasteiger partial charge in [0.1, 0.15) is 5.75 Å². The maximum atomic E-state index is 13.2. The molecule has 2 unspecified atom stereocenters. The number of anilines is 1. The van der Waals surface area contributed by atoms with Gasteiger partial charge in [-0.2, -0.15) is 11.3 Å². The molecule has 1 aromatic heterocycles. The Morgan fingerprint density at radius 2 is 2.15 bits per heavy atom. The van der Waals surface area contributed by atoms with Gasteiger partial charge < -0.3 is 14.5 Å². The summed E-state index contributed by atoms with van der Waals surface area (Å²) < 4.78 is 5.67. The fraction of sp³-hybridized carbons (Fsp3) is 0.429. The van der Waals surface area contributed by atoms with E-state index in [1.54, 1.807) is 16.2 Å². The van der Waals surface area contributed by atoms with E-state index in [-0.39, 0.29) is 30.2 Å². The Hall–Kier alpha value is -2.34. The molecular weight excluding hydrogens is 360 g/mol. The Morgan fingerprint density at radius 3 is 2.93 bits per heavy atom. The highest BCUT2D eigenvalue weighted by atomic mass is 32.1. The summed E-state index contributed by atoms with van der Waals surface area (Å²) in [5, 5.41) is 4.18. The van der Waals surface area contributed by atoms with Crippen LogP contribution in [-0.4, -0.2) is 36.4 Å². The number of ether oxygens (including phenoxy) is 1. The number of hydrogen-bond acceptors (Lipinski definition) is 4. The van der Waals surface area contributed by atoms with Crippen molar-refractivity contribution in [2.45, 2.75) is 32.2 Å².